The fraction of sp³-hybridized carbons (Fsp3) is 0.500. The summed E-state index contributed by atoms with van der Waals surface area (Å²) in [5.41, 5.74) is -0.0262. The van der Waals surface area contributed by atoms with Gasteiger partial charge in [-0.25, -0.2) is 5.84 Å². The highest BCUT2D eigenvalue weighted by Gasteiger charge is 2.31. The molecule has 0 aliphatic carbocycles. The molecule has 0 fully saturated rings. The molecule has 6 heteroatoms. The zero-order chi connectivity index (χ0) is 9.94. The molecule has 0 saturated heterocycles. The molecule has 2 N–H and O–H groups in total. The molecular weight excluding hydrogens is 173 g/mol. The third kappa shape index (κ3) is 3.97. The van der Waals surface area contributed by atoms with Gasteiger partial charge >= 0.3 is 6.18 Å². The quantitative estimate of drug-likeness (QED) is 0.297. The number of amides is 1. The van der Waals surface area contributed by atoms with Crippen LogP contribution in [0.15, 0.2) is 12.2 Å². The van der Waals surface area contributed by atoms with E-state index < -0.39 is 18.6 Å². The van der Waals surface area contributed by atoms with E-state index in [1.54, 1.807) is 0 Å². The molecule has 70 valence electrons. The molecule has 0 unspecified atom stereocenters. The Balaban J connectivity index is 4.14. The second kappa shape index (κ2) is 3.57. The summed E-state index contributed by atoms with van der Waals surface area (Å²) in [6.07, 6.45) is -4.47. The number of alkyl halides is 3. The number of hydrazine groups is 1. The summed E-state index contributed by atoms with van der Waals surface area (Å²) >= 11 is 0. The Morgan fingerprint density at radius 1 is 1.58 bits per heavy atom. The maximum absolute atomic E-state index is 11.6. The number of hydrogen-bond acceptors (Lipinski definition) is 2. The molecule has 0 rings (SSSR count). The molecule has 1 amide bonds. The van der Waals surface area contributed by atoms with E-state index in [-0.39, 0.29) is 10.6 Å². The summed E-state index contributed by atoms with van der Waals surface area (Å²) < 4.78 is 34.9. The fourth-order valence-electron chi connectivity index (χ4n) is 0.510. The van der Waals surface area contributed by atoms with Crippen LogP contribution in [0.3, 0.4) is 0 Å². The van der Waals surface area contributed by atoms with E-state index in [1.165, 1.54) is 6.92 Å². The van der Waals surface area contributed by atoms with Gasteiger partial charge in [-0.1, -0.05) is 6.58 Å². The van der Waals surface area contributed by atoms with Crippen molar-refractivity contribution < 1.29 is 18.0 Å². The van der Waals surface area contributed by atoms with Gasteiger partial charge in [-0.3, -0.25) is 9.80 Å². The molecule has 0 atom stereocenters. The zero-order valence-corrected chi connectivity index (χ0v) is 6.48. The third-order valence-electron chi connectivity index (χ3n) is 0.976. The van der Waals surface area contributed by atoms with Gasteiger partial charge in [-0.15, -0.1) is 0 Å². The Hall–Kier alpha value is -1.04. The fourth-order valence-corrected chi connectivity index (χ4v) is 0.510. The van der Waals surface area contributed by atoms with Crippen LogP contribution in [0.4, 0.5) is 13.2 Å². The number of carbonyl (C=O) groups is 1. The van der Waals surface area contributed by atoms with Crippen LogP contribution in [0.25, 0.3) is 0 Å². The first-order valence-electron chi connectivity index (χ1n) is 3.03. The lowest BCUT2D eigenvalue weighted by atomic mass is 10.3. The number of nitrogens with zero attached hydrogens (tertiary/aromatic N) is 1. The van der Waals surface area contributed by atoms with E-state index in [0.29, 0.717) is 0 Å². The molecule has 0 aliphatic rings. The van der Waals surface area contributed by atoms with Crippen LogP contribution in [0, 0.1) is 0 Å². The van der Waals surface area contributed by atoms with Crippen molar-refractivity contribution in [3.63, 3.8) is 0 Å². The molecule has 0 spiro atoms. The van der Waals surface area contributed by atoms with Gasteiger partial charge in [0.15, 0.2) is 0 Å². The summed E-state index contributed by atoms with van der Waals surface area (Å²) in [6.45, 7) is 3.00. The summed E-state index contributed by atoms with van der Waals surface area (Å²) in [7, 11) is 0. The molecule has 12 heavy (non-hydrogen) atoms. The van der Waals surface area contributed by atoms with Crippen LogP contribution in [0.1, 0.15) is 6.92 Å². The van der Waals surface area contributed by atoms with Crippen molar-refractivity contribution in [2.75, 3.05) is 6.54 Å². The van der Waals surface area contributed by atoms with Crippen molar-refractivity contribution in [1.29, 1.82) is 0 Å². The van der Waals surface area contributed by atoms with E-state index in [0.717, 1.165) is 0 Å². The molecule has 3 nitrogen and oxygen atoms in total. The van der Waals surface area contributed by atoms with Crippen LogP contribution >= 0.6 is 0 Å². The number of carbonyl (C=O) groups excluding carboxylic acids is 1. The third-order valence-corrected chi connectivity index (χ3v) is 0.976. The van der Waals surface area contributed by atoms with Crippen molar-refractivity contribution in [3.8, 4) is 0 Å². The van der Waals surface area contributed by atoms with Crippen molar-refractivity contribution in [3.05, 3.63) is 12.2 Å². The summed E-state index contributed by atoms with van der Waals surface area (Å²) in [4.78, 5) is 10.7. The van der Waals surface area contributed by atoms with Gasteiger partial charge in [0.25, 0.3) is 5.91 Å². The number of halogens is 3. The van der Waals surface area contributed by atoms with Crippen molar-refractivity contribution >= 4 is 5.91 Å². The van der Waals surface area contributed by atoms with Crippen molar-refractivity contribution in [2.45, 2.75) is 13.1 Å². The highest BCUT2D eigenvalue weighted by molar-refractivity contribution is 5.91. The summed E-state index contributed by atoms with van der Waals surface area (Å²) in [5.74, 6) is 3.90. The zero-order valence-electron chi connectivity index (χ0n) is 6.48. The number of nitrogens with two attached hydrogens (primary N) is 1. The van der Waals surface area contributed by atoms with E-state index in [1.807, 2.05) is 0 Å². The highest BCUT2D eigenvalue weighted by Crippen LogP contribution is 2.15. The minimum absolute atomic E-state index is 0.0262. The van der Waals surface area contributed by atoms with Crippen LogP contribution in [0.5, 0.6) is 0 Å². The molecule has 0 heterocycles. The molecule has 0 radical (unpaired) electrons. The summed E-state index contributed by atoms with van der Waals surface area (Å²) in [6, 6.07) is 0. The first-order valence-corrected chi connectivity index (χ1v) is 3.03. The Morgan fingerprint density at radius 2 is 2.00 bits per heavy atom. The minimum atomic E-state index is -4.47. The van der Waals surface area contributed by atoms with Gasteiger partial charge < -0.3 is 0 Å². The van der Waals surface area contributed by atoms with Gasteiger partial charge in [0, 0.05) is 5.57 Å². The van der Waals surface area contributed by atoms with E-state index in [9.17, 15) is 18.0 Å². The first-order chi connectivity index (χ1) is 5.24. The Labute approximate surface area is 67.6 Å². The lowest BCUT2D eigenvalue weighted by molar-refractivity contribution is -0.159. The lowest BCUT2D eigenvalue weighted by Gasteiger charge is -2.17. The average Bonchev–Trinajstić information content (AvgIpc) is 1.82. The second-order valence-electron chi connectivity index (χ2n) is 2.33. The topological polar surface area (TPSA) is 46.3 Å². The van der Waals surface area contributed by atoms with Gasteiger partial charge in [-0.05, 0) is 6.92 Å². The van der Waals surface area contributed by atoms with Gasteiger partial charge in [0.2, 0.25) is 0 Å². The van der Waals surface area contributed by atoms with Crippen LogP contribution in [-0.4, -0.2) is 23.6 Å². The molecule has 0 aliphatic heterocycles. The largest absolute Gasteiger partial charge is 0.407 e. The maximum Gasteiger partial charge on any atom is 0.407 e. The Morgan fingerprint density at radius 3 is 2.25 bits per heavy atom. The molecule has 0 aromatic heterocycles. The minimum Gasteiger partial charge on any atom is -0.268 e. The molecule has 0 aromatic carbocycles. The van der Waals surface area contributed by atoms with Crippen molar-refractivity contribution in [1.82, 2.24) is 5.01 Å². The predicted molar refractivity (Wildman–Crippen MR) is 36.8 cm³/mol. The Kier molecular flexibility index (Phi) is 3.26. The molecule has 0 bridgehead atoms. The molecular formula is C6H9F3N2O. The van der Waals surface area contributed by atoms with Crippen LogP contribution in [-0.2, 0) is 4.79 Å². The average molecular weight is 182 g/mol. The smallest absolute Gasteiger partial charge is 0.268 e. The summed E-state index contributed by atoms with van der Waals surface area (Å²) in [5, 5.41) is 0.0856. The van der Waals surface area contributed by atoms with Crippen LogP contribution in [0.2, 0.25) is 0 Å². The normalized spacial score (nSPS) is 11.1. The first kappa shape index (κ1) is 11.0. The maximum atomic E-state index is 11.6. The molecule has 0 aromatic rings. The Bertz CT molecular complexity index is 199. The van der Waals surface area contributed by atoms with Gasteiger partial charge in [0.05, 0.1) is 0 Å². The predicted octanol–water partition coefficient (Wildman–Crippen LogP) is 0.827. The van der Waals surface area contributed by atoms with E-state index in [2.05, 4.69) is 6.58 Å². The standard InChI is InChI=1S/C6H9F3N2O/c1-4(2)5(12)11(10)3-6(7,8)9/h1,3,10H2,2H3. The van der Waals surface area contributed by atoms with Crippen LogP contribution < -0.4 is 5.84 Å². The van der Waals surface area contributed by atoms with Crippen molar-refractivity contribution in [2.24, 2.45) is 5.84 Å². The second-order valence-corrected chi connectivity index (χ2v) is 2.33. The SMILES string of the molecule is C=C(C)C(=O)N(N)CC(F)(F)F. The van der Waals surface area contributed by atoms with E-state index in [4.69, 9.17) is 5.84 Å². The molecule has 0 saturated carbocycles. The van der Waals surface area contributed by atoms with E-state index >= 15 is 0 Å². The number of hydrogen-bond donors (Lipinski definition) is 1. The monoisotopic (exact) mass is 182 g/mol. The van der Waals surface area contributed by atoms with Gasteiger partial charge in [0.1, 0.15) is 6.54 Å². The highest BCUT2D eigenvalue weighted by atomic mass is 19.4. The van der Waals surface area contributed by atoms with Gasteiger partial charge in [-0.2, -0.15) is 13.2 Å². The number of rotatable bonds is 2. The lowest BCUT2D eigenvalue weighted by Crippen LogP contribution is -2.44.